The molecule has 4 heteroatoms. The number of rotatable bonds is 4. The van der Waals surface area contributed by atoms with Crippen LogP contribution in [0.1, 0.15) is 25.2 Å². The third-order valence-corrected chi connectivity index (χ3v) is 2.63. The van der Waals surface area contributed by atoms with Gasteiger partial charge in [0.15, 0.2) is 0 Å². The Morgan fingerprint density at radius 3 is 2.59 bits per heavy atom. The Balaban J connectivity index is 2.55. The van der Waals surface area contributed by atoms with Crippen LogP contribution in [0.3, 0.4) is 0 Å². The molecule has 0 aromatic carbocycles. The van der Waals surface area contributed by atoms with Crippen LogP contribution in [-0.4, -0.2) is 16.8 Å². The van der Waals surface area contributed by atoms with Gasteiger partial charge >= 0.3 is 0 Å². The van der Waals surface area contributed by atoms with Gasteiger partial charge < -0.3 is 19.0 Å². The molecule has 2 rings (SSSR count). The second-order valence-electron chi connectivity index (χ2n) is 4.46. The fourth-order valence-corrected chi connectivity index (χ4v) is 1.82. The zero-order chi connectivity index (χ0) is 12.5. The monoisotopic (exact) mass is 236 g/mol. The van der Waals surface area contributed by atoms with Crippen molar-refractivity contribution in [1.29, 1.82) is 0 Å². The SMILES string of the molecule is CC(C)(O)c1coc(CCO)c1-c1ccco1. The van der Waals surface area contributed by atoms with Gasteiger partial charge in [0.2, 0.25) is 0 Å². The normalized spacial score (nSPS) is 12.0. The summed E-state index contributed by atoms with van der Waals surface area (Å²) in [5.41, 5.74) is 0.381. The molecular weight excluding hydrogens is 220 g/mol. The third-order valence-electron chi connectivity index (χ3n) is 2.63. The molecule has 2 aromatic rings. The maximum atomic E-state index is 10.1. The Labute approximate surface area is 99.5 Å². The van der Waals surface area contributed by atoms with E-state index >= 15 is 0 Å². The molecule has 0 saturated carbocycles. The molecule has 17 heavy (non-hydrogen) atoms. The summed E-state index contributed by atoms with van der Waals surface area (Å²) in [6.07, 6.45) is 3.48. The Kier molecular flexibility index (Phi) is 3.09. The van der Waals surface area contributed by atoms with Crippen molar-refractivity contribution in [3.8, 4) is 11.3 Å². The fourth-order valence-electron chi connectivity index (χ4n) is 1.82. The quantitative estimate of drug-likeness (QED) is 0.854. The van der Waals surface area contributed by atoms with E-state index in [0.29, 0.717) is 23.5 Å². The number of aliphatic hydroxyl groups excluding tert-OH is 1. The van der Waals surface area contributed by atoms with Crippen molar-refractivity contribution in [3.63, 3.8) is 0 Å². The lowest BCUT2D eigenvalue weighted by molar-refractivity contribution is 0.0783. The average Bonchev–Trinajstić information content (AvgIpc) is 2.82. The first kappa shape index (κ1) is 12.0. The lowest BCUT2D eigenvalue weighted by atomic mass is 9.94. The Morgan fingerprint density at radius 1 is 1.29 bits per heavy atom. The molecular formula is C13H16O4. The molecule has 0 fully saturated rings. The molecule has 2 N–H and O–H groups in total. The first-order chi connectivity index (χ1) is 8.04. The second-order valence-corrected chi connectivity index (χ2v) is 4.46. The second kappa shape index (κ2) is 4.39. The number of hydrogen-bond donors (Lipinski definition) is 2. The summed E-state index contributed by atoms with van der Waals surface area (Å²) in [4.78, 5) is 0. The average molecular weight is 236 g/mol. The van der Waals surface area contributed by atoms with Gasteiger partial charge in [-0.15, -0.1) is 0 Å². The van der Waals surface area contributed by atoms with Crippen LogP contribution in [0.4, 0.5) is 0 Å². The summed E-state index contributed by atoms with van der Waals surface area (Å²) in [5.74, 6) is 1.26. The van der Waals surface area contributed by atoms with Crippen molar-refractivity contribution < 1.29 is 19.0 Å². The van der Waals surface area contributed by atoms with Crippen LogP contribution < -0.4 is 0 Å². The van der Waals surface area contributed by atoms with Crippen molar-refractivity contribution in [3.05, 3.63) is 36.0 Å². The first-order valence-electron chi connectivity index (χ1n) is 5.52. The lowest BCUT2D eigenvalue weighted by Gasteiger charge is -2.16. The lowest BCUT2D eigenvalue weighted by Crippen LogP contribution is -2.15. The topological polar surface area (TPSA) is 66.7 Å². The van der Waals surface area contributed by atoms with E-state index in [2.05, 4.69) is 0 Å². The molecule has 0 saturated heterocycles. The van der Waals surface area contributed by atoms with Crippen LogP contribution in [-0.2, 0) is 12.0 Å². The Morgan fingerprint density at radius 2 is 2.06 bits per heavy atom. The Hall–Kier alpha value is -1.52. The van der Waals surface area contributed by atoms with Crippen molar-refractivity contribution in [2.45, 2.75) is 25.9 Å². The zero-order valence-electron chi connectivity index (χ0n) is 9.93. The molecule has 0 atom stereocenters. The highest BCUT2D eigenvalue weighted by molar-refractivity contribution is 5.65. The zero-order valence-corrected chi connectivity index (χ0v) is 9.93. The van der Waals surface area contributed by atoms with Gasteiger partial charge in [0.1, 0.15) is 11.5 Å². The summed E-state index contributed by atoms with van der Waals surface area (Å²) < 4.78 is 10.8. The van der Waals surface area contributed by atoms with Crippen LogP contribution in [0.2, 0.25) is 0 Å². The van der Waals surface area contributed by atoms with Crippen LogP contribution in [0, 0.1) is 0 Å². The van der Waals surface area contributed by atoms with Gasteiger partial charge in [-0.25, -0.2) is 0 Å². The van der Waals surface area contributed by atoms with E-state index in [4.69, 9.17) is 13.9 Å². The molecule has 0 aliphatic carbocycles. The highest BCUT2D eigenvalue weighted by atomic mass is 16.3. The maximum absolute atomic E-state index is 10.1. The van der Waals surface area contributed by atoms with Gasteiger partial charge in [-0.1, -0.05) is 0 Å². The summed E-state index contributed by atoms with van der Waals surface area (Å²) >= 11 is 0. The highest BCUT2D eigenvalue weighted by Crippen LogP contribution is 2.36. The molecule has 92 valence electrons. The van der Waals surface area contributed by atoms with E-state index in [-0.39, 0.29) is 6.61 Å². The van der Waals surface area contributed by atoms with Crippen LogP contribution >= 0.6 is 0 Å². The van der Waals surface area contributed by atoms with Gasteiger partial charge in [0.05, 0.1) is 30.3 Å². The molecule has 0 radical (unpaired) electrons. The smallest absolute Gasteiger partial charge is 0.137 e. The predicted octanol–water partition coefficient (Wildman–Crippen LogP) is 2.30. The minimum absolute atomic E-state index is 0.00742. The Bertz CT molecular complexity index is 474. The van der Waals surface area contributed by atoms with Crippen molar-refractivity contribution >= 4 is 0 Å². The number of aliphatic hydroxyl groups is 2. The van der Waals surface area contributed by atoms with Gasteiger partial charge in [-0.05, 0) is 26.0 Å². The molecule has 2 aromatic heterocycles. The minimum Gasteiger partial charge on any atom is -0.468 e. The van der Waals surface area contributed by atoms with Crippen molar-refractivity contribution in [1.82, 2.24) is 0 Å². The highest BCUT2D eigenvalue weighted by Gasteiger charge is 2.27. The van der Waals surface area contributed by atoms with Crippen molar-refractivity contribution in [2.75, 3.05) is 6.61 Å². The summed E-state index contributed by atoms with van der Waals surface area (Å²) in [6, 6.07) is 3.58. The van der Waals surface area contributed by atoms with E-state index in [9.17, 15) is 5.11 Å². The molecule has 4 nitrogen and oxygen atoms in total. The maximum Gasteiger partial charge on any atom is 0.137 e. The molecule has 0 amide bonds. The third kappa shape index (κ3) is 2.28. The van der Waals surface area contributed by atoms with E-state index in [0.717, 1.165) is 5.56 Å². The fraction of sp³-hybridized carbons (Fsp3) is 0.385. The molecule has 2 heterocycles. The largest absolute Gasteiger partial charge is 0.468 e. The van der Waals surface area contributed by atoms with Crippen LogP contribution in [0.15, 0.2) is 33.5 Å². The molecule has 0 spiro atoms. The number of hydrogen-bond acceptors (Lipinski definition) is 4. The van der Waals surface area contributed by atoms with Gasteiger partial charge in [0.25, 0.3) is 0 Å². The molecule has 0 bridgehead atoms. The van der Waals surface area contributed by atoms with E-state index in [1.165, 1.54) is 6.26 Å². The summed E-state index contributed by atoms with van der Waals surface area (Å²) in [5, 5.41) is 19.1. The molecule has 0 aliphatic heterocycles. The van der Waals surface area contributed by atoms with E-state index in [1.54, 1.807) is 32.2 Å². The summed E-state index contributed by atoms with van der Waals surface area (Å²) in [6.45, 7) is 3.37. The van der Waals surface area contributed by atoms with Gasteiger partial charge in [-0.2, -0.15) is 0 Å². The van der Waals surface area contributed by atoms with Crippen LogP contribution in [0.5, 0.6) is 0 Å². The minimum atomic E-state index is -1.01. The van der Waals surface area contributed by atoms with E-state index < -0.39 is 5.60 Å². The van der Waals surface area contributed by atoms with Crippen molar-refractivity contribution in [2.24, 2.45) is 0 Å². The summed E-state index contributed by atoms with van der Waals surface area (Å²) in [7, 11) is 0. The predicted molar refractivity (Wildman–Crippen MR) is 62.4 cm³/mol. The first-order valence-corrected chi connectivity index (χ1v) is 5.52. The number of furan rings is 2. The standard InChI is InChI=1S/C13H16O4/c1-13(2,15)9-8-17-11(5-6-14)12(9)10-4-3-7-16-10/h3-4,7-8,14-15H,5-6H2,1-2H3. The van der Waals surface area contributed by atoms with E-state index in [1.807, 2.05) is 0 Å². The van der Waals surface area contributed by atoms with Crippen LogP contribution in [0.25, 0.3) is 11.3 Å². The van der Waals surface area contributed by atoms with Gasteiger partial charge in [-0.3, -0.25) is 0 Å². The van der Waals surface area contributed by atoms with Gasteiger partial charge in [0, 0.05) is 12.0 Å². The molecule has 0 aliphatic rings. The molecule has 0 unspecified atom stereocenters.